The molecule has 0 bridgehead atoms. The first-order valence-corrected chi connectivity index (χ1v) is 15.4. The Labute approximate surface area is 262 Å². The molecular weight excluding hydrogens is 546 g/mol. The van der Waals surface area contributed by atoms with E-state index in [2.05, 4.69) is 145 Å². The molecule has 45 heavy (non-hydrogen) atoms. The van der Waals surface area contributed by atoms with Crippen molar-refractivity contribution in [3.63, 3.8) is 0 Å². The molecule has 0 saturated heterocycles. The molecule has 9 rings (SSSR count). The monoisotopic (exact) mass is 575 g/mol. The van der Waals surface area contributed by atoms with Gasteiger partial charge in [-0.3, -0.25) is 4.57 Å². The fraction of sp³-hybridized carbons (Fsp3) is 0.0476. The summed E-state index contributed by atoms with van der Waals surface area (Å²) in [6.45, 7) is 2.39. The van der Waals surface area contributed by atoms with Gasteiger partial charge in [-0.25, -0.2) is 9.97 Å². The van der Waals surface area contributed by atoms with E-state index >= 15 is 0 Å². The summed E-state index contributed by atoms with van der Waals surface area (Å²) in [5.74, 6) is 1.56. The molecule has 3 heteroatoms. The maximum atomic E-state index is 5.32. The van der Waals surface area contributed by atoms with Gasteiger partial charge in [0.1, 0.15) is 5.82 Å². The quantitative estimate of drug-likeness (QED) is 0.209. The number of benzene rings is 6. The van der Waals surface area contributed by atoms with Crippen molar-refractivity contribution in [3.05, 3.63) is 174 Å². The van der Waals surface area contributed by atoms with Crippen LogP contribution in [0.2, 0.25) is 0 Å². The van der Waals surface area contributed by atoms with Crippen molar-refractivity contribution in [2.45, 2.75) is 12.3 Å². The maximum Gasteiger partial charge on any atom is 0.162 e. The highest BCUT2D eigenvalue weighted by Crippen LogP contribution is 2.55. The Balaban J connectivity index is 1.44. The molecule has 0 fully saturated rings. The van der Waals surface area contributed by atoms with E-state index in [1.54, 1.807) is 0 Å². The second-order valence-electron chi connectivity index (χ2n) is 11.9. The summed E-state index contributed by atoms with van der Waals surface area (Å²) in [5, 5.41) is 2.43. The van der Waals surface area contributed by atoms with E-state index in [1.807, 2.05) is 24.3 Å². The zero-order valence-corrected chi connectivity index (χ0v) is 24.9. The SMILES string of the molecule is CC1(c2ccccc2)c2ccccc2-c2ccc3c4ccccc4n(-c4cc(-c5ccccc5)nc(-c5ccccc5)n4)c3c21. The topological polar surface area (TPSA) is 30.7 Å². The van der Waals surface area contributed by atoms with Crippen LogP contribution in [0.25, 0.3) is 61.4 Å². The Morgan fingerprint density at radius 2 is 1.18 bits per heavy atom. The predicted octanol–water partition coefficient (Wildman–Crippen LogP) is 10.2. The van der Waals surface area contributed by atoms with Crippen molar-refractivity contribution in [3.8, 4) is 39.6 Å². The van der Waals surface area contributed by atoms with Crippen LogP contribution in [0.3, 0.4) is 0 Å². The van der Waals surface area contributed by atoms with Crippen molar-refractivity contribution in [1.29, 1.82) is 0 Å². The summed E-state index contributed by atoms with van der Waals surface area (Å²) in [7, 11) is 0. The number of hydrogen-bond donors (Lipinski definition) is 0. The van der Waals surface area contributed by atoms with Crippen LogP contribution < -0.4 is 0 Å². The second-order valence-corrected chi connectivity index (χ2v) is 11.9. The van der Waals surface area contributed by atoms with E-state index in [1.165, 1.54) is 44.1 Å². The fourth-order valence-corrected chi connectivity index (χ4v) is 7.41. The molecule has 1 aliphatic carbocycles. The van der Waals surface area contributed by atoms with Crippen LogP contribution in [0.1, 0.15) is 23.6 Å². The van der Waals surface area contributed by atoms with E-state index in [-0.39, 0.29) is 5.41 Å². The second kappa shape index (κ2) is 9.87. The highest BCUT2D eigenvalue weighted by atomic mass is 15.1. The van der Waals surface area contributed by atoms with Gasteiger partial charge in [0.15, 0.2) is 5.82 Å². The lowest BCUT2D eigenvalue weighted by Gasteiger charge is -2.29. The normalized spacial score (nSPS) is 15.3. The van der Waals surface area contributed by atoms with Crippen molar-refractivity contribution in [2.75, 3.05) is 0 Å². The molecule has 1 aliphatic rings. The Morgan fingerprint density at radius 3 is 1.96 bits per heavy atom. The highest BCUT2D eigenvalue weighted by molar-refractivity contribution is 6.13. The summed E-state index contributed by atoms with van der Waals surface area (Å²) in [6, 6.07) is 56.0. The molecule has 0 aliphatic heterocycles. The molecule has 0 amide bonds. The fourth-order valence-electron chi connectivity index (χ4n) is 7.41. The number of para-hydroxylation sites is 1. The lowest BCUT2D eigenvalue weighted by Crippen LogP contribution is -2.23. The number of aromatic nitrogens is 3. The van der Waals surface area contributed by atoms with Gasteiger partial charge in [-0.15, -0.1) is 0 Å². The zero-order chi connectivity index (χ0) is 30.0. The van der Waals surface area contributed by atoms with Gasteiger partial charge in [0.05, 0.1) is 16.7 Å². The lowest BCUT2D eigenvalue weighted by atomic mass is 9.73. The third kappa shape index (κ3) is 3.77. The van der Waals surface area contributed by atoms with Crippen LogP contribution in [0.4, 0.5) is 0 Å². The number of fused-ring (bicyclic) bond motifs is 7. The Kier molecular flexibility index (Phi) is 5.63. The average molecular weight is 576 g/mol. The van der Waals surface area contributed by atoms with Crippen LogP contribution in [-0.4, -0.2) is 14.5 Å². The van der Waals surface area contributed by atoms with E-state index in [4.69, 9.17) is 9.97 Å². The molecule has 2 aromatic heterocycles. The van der Waals surface area contributed by atoms with E-state index < -0.39 is 0 Å². The van der Waals surface area contributed by atoms with Gasteiger partial charge in [0.2, 0.25) is 0 Å². The van der Waals surface area contributed by atoms with Gasteiger partial charge >= 0.3 is 0 Å². The number of rotatable bonds is 4. The highest BCUT2D eigenvalue weighted by Gasteiger charge is 2.43. The first-order valence-electron chi connectivity index (χ1n) is 15.4. The van der Waals surface area contributed by atoms with Gasteiger partial charge in [-0.05, 0) is 40.8 Å². The summed E-state index contributed by atoms with van der Waals surface area (Å²) in [5.41, 5.74) is 11.4. The third-order valence-corrected chi connectivity index (χ3v) is 9.49. The molecule has 0 radical (unpaired) electrons. The van der Waals surface area contributed by atoms with Crippen LogP contribution in [-0.2, 0) is 5.41 Å². The molecule has 212 valence electrons. The van der Waals surface area contributed by atoms with E-state index in [0.717, 1.165) is 28.2 Å². The Bertz CT molecular complexity index is 2320. The van der Waals surface area contributed by atoms with Gasteiger partial charge in [-0.1, -0.05) is 146 Å². The first kappa shape index (κ1) is 25.7. The lowest BCUT2D eigenvalue weighted by molar-refractivity contribution is 0.717. The van der Waals surface area contributed by atoms with Gasteiger partial charge < -0.3 is 0 Å². The van der Waals surface area contributed by atoms with Crippen LogP contribution in [0, 0.1) is 0 Å². The average Bonchev–Trinajstić information content (AvgIpc) is 3.59. The summed E-state index contributed by atoms with van der Waals surface area (Å²) >= 11 is 0. The standard InChI is InChI=1S/C42H29N3/c1-42(30-19-9-4-10-20-30)35-23-13-11-21-31(35)33-25-26-34-32-22-12-14-24-37(32)45(40(34)39(33)42)38-27-36(28-15-5-2-6-16-28)43-41(44-38)29-17-7-3-8-18-29/h2-27H,1H3. The molecule has 1 atom stereocenters. The first-order chi connectivity index (χ1) is 22.2. The summed E-state index contributed by atoms with van der Waals surface area (Å²) < 4.78 is 2.39. The minimum Gasteiger partial charge on any atom is -0.293 e. The van der Waals surface area contributed by atoms with Crippen molar-refractivity contribution in [1.82, 2.24) is 14.5 Å². The molecule has 3 nitrogen and oxygen atoms in total. The van der Waals surface area contributed by atoms with Crippen LogP contribution in [0.5, 0.6) is 0 Å². The number of nitrogens with zero attached hydrogens (tertiary/aromatic N) is 3. The minimum absolute atomic E-state index is 0.365. The third-order valence-electron chi connectivity index (χ3n) is 9.49. The molecule has 2 heterocycles. The number of hydrogen-bond acceptors (Lipinski definition) is 2. The summed E-state index contributed by atoms with van der Waals surface area (Å²) in [4.78, 5) is 10.4. The summed E-state index contributed by atoms with van der Waals surface area (Å²) in [6.07, 6.45) is 0. The minimum atomic E-state index is -0.365. The van der Waals surface area contributed by atoms with Crippen molar-refractivity contribution < 1.29 is 0 Å². The van der Waals surface area contributed by atoms with Gasteiger partial charge in [0, 0.05) is 33.4 Å². The zero-order valence-electron chi connectivity index (χ0n) is 24.9. The molecule has 0 saturated carbocycles. The largest absolute Gasteiger partial charge is 0.293 e. The molecule has 0 N–H and O–H groups in total. The Morgan fingerprint density at radius 1 is 0.533 bits per heavy atom. The predicted molar refractivity (Wildman–Crippen MR) is 185 cm³/mol. The molecule has 1 unspecified atom stereocenters. The van der Waals surface area contributed by atoms with Gasteiger partial charge in [-0.2, -0.15) is 0 Å². The molecule has 0 spiro atoms. The van der Waals surface area contributed by atoms with E-state index in [0.29, 0.717) is 5.82 Å². The molecular formula is C42H29N3. The molecule has 8 aromatic rings. The smallest absolute Gasteiger partial charge is 0.162 e. The maximum absolute atomic E-state index is 5.32. The van der Waals surface area contributed by atoms with Crippen molar-refractivity contribution in [2.24, 2.45) is 0 Å². The molecule has 6 aromatic carbocycles. The van der Waals surface area contributed by atoms with Crippen LogP contribution >= 0.6 is 0 Å². The Hall–Kier alpha value is -5.80. The van der Waals surface area contributed by atoms with Crippen molar-refractivity contribution >= 4 is 21.8 Å². The van der Waals surface area contributed by atoms with Gasteiger partial charge in [0.25, 0.3) is 0 Å². The van der Waals surface area contributed by atoms with E-state index in [9.17, 15) is 0 Å². The van der Waals surface area contributed by atoms with Crippen LogP contribution in [0.15, 0.2) is 158 Å².